The number of ether oxygens (including phenoxy) is 1. The number of amides is 1. The highest BCUT2D eigenvalue weighted by Crippen LogP contribution is 2.37. The first kappa shape index (κ1) is 17.8. The number of nitrogens with one attached hydrogen (secondary N) is 1. The number of carbonyl (C=O) groups excluding carboxylic acids is 1. The summed E-state index contributed by atoms with van der Waals surface area (Å²) < 4.78 is 18.1. The Bertz CT molecular complexity index is 582. The summed E-state index contributed by atoms with van der Waals surface area (Å²) in [6, 6.07) is 5.33. The molecule has 0 aliphatic carbocycles. The van der Waals surface area contributed by atoms with Crippen molar-refractivity contribution < 1.29 is 18.8 Å². The second-order valence-corrected chi connectivity index (χ2v) is 7.09. The van der Waals surface area contributed by atoms with Gasteiger partial charge in [0.15, 0.2) is 0 Å². The zero-order valence-electron chi connectivity index (χ0n) is 15.0. The molecule has 0 atom stereocenters. The summed E-state index contributed by atoms with van der Waals surface area (Å²) in [4.78, 5) is 11.9. The molecule has 1 aliphatic rings. The zero-order valence-corrected chi connectivity index (χ0v) is 15.0. The van der Waals surface area contributed by atoms with Gasteiger partial charge in [-0.25, -0.2) is 0 Å². The van der Waals surface area contributed by atoms with Crippen LogP contribution in [0, 0.1) is 0 Å². The van der Waals surface area contributed by atoms with Gasteiger partial charge in [0.25, 0.3) is 5.91 Å². The first-order valence-corrected chi connectivity index (χ1v) is 7.96. The van der Waals surface area contributed by atoms with Gasteiger partial charge in [-0.2, -0.15) is 0 Å². The van der Waals surface area contributed by atoms with E-state index in [0.717, 1.165) is 5.46 Å². The van der Waals surface area contributed by atoms with Crippen LogP contribution in [0.15, 0.2) is 18.2 Å². The van der Waals surface area contributed by atoms with Crippen LogP contribution in [0.3, 0.4) is 0 Å². The maximum Gasteiger partial charge on any atom is 0.498 e. The normalized spacial score (nSPS) is 19.0. The maximum atomic E-state index is 11.9. The van der Waals surface area contributed by atoms with Crippen LogP contribution in [0.25, 0.3) is 0 Å². The van der Waals surface area contributed by atoms with Crippen molar-refractivity contribution in [3.05, 3.63) is 23.8 Å². The molecule has 126 valence electrons. The Balaban J connectivity index is 2.40. The van der Waals surface area contributed by atoms with E-state index in [1.54, 1.807) is 19.2 Å². The summed E-state index contributed by atoms with van der Waals surface area (Å²) in [7, 11) is 1.08. The smallest absolute Gasteiger partial charge is 0.491 e. The SMILES string of the molecule is CNC(=O)c1ccc(B2OC(C)(C)C(C)(C)O2)c(OC(C)C)c1. The number of hydrogen-bond donors (Lipinski definition) is 1. The van der Waals surface area contributed by atoms with Crippen molar-refractivity contribution in [3.8, 4) is 5.75 Å². The average Bonchev–Trinajstić information content (AvgIpc) is 2.65. The van der Waals surface area contributed by atoms with Crippen molar-refractivity contribution in [2.45, 2.75) is 58.8 Å². The standard InChI is InChI=1S/C17H26BNO4/c1-11(2)21-14-10-12(15(20)19-7)8-9-13(14)18-22-16(3,4)17(5,6)23-18/h8-11H,1-7H3,(H,19,20). The molecule has 5 nitrogen and oxygen atoms in total. The summed E-state index contributed by atoms with van der Waals surface area (Å²) in [6.07, 6.45) is -0.0175. The third-order valence-corrected chi connectivity index (χ3v) is 4.37. The van der Waals surface area contributed by atoms with E-state index in [0.29, 0.717) is 11.3 Å². The molecule has 1 saturated heterocycles. The van der Waals surface area contributed by atoms with E-state index in [1.807, 2.05) is 47.6 Å². The fourth-order valence-electron chi connectivity index (χ4n) is 2.34. The van der Waals surface area contributed by atoms with E-state index in [-0.39, 0.29) is 12.0 Å². The van der Waals surface area contributed by atoms with E-state index in [9.17, 15) is 4.79 Å². The maximum absolute atomic E-state index is 11.9. The van der Waals surface area contributed by atoms with Crippen LogP contribution in [-0.2, 0) is 9.31 Å². The lowest BCUT2D eigenvalue weighted by Gasteiger charge is -2.32. The molecule has 1 aliphatic heterocycles. The molecule has 1 N–H and O–H groups in total. The first-order chi connectivity index (χ1) is 10.6. The van der Waals surface area contributed by atoms with Gasteiger partial charge in [-0.15, -0.1) is 0 Å². The average molecular weight is 319 g/mol. The van der Waals surface area contributed by atoms with Crippen molar-refractivity contribution in [1.82, 2.24) is 5.32 Å². The third-order valence-electron chi connectivity index (χ3n) is 4.37. The van der Waals surface area contributed by atoms with Gasteiger partial charge in [-0.3, -0.25) is 4.79 Å². The lowest BCUT2D eigenvalue weighted by molar-refractivity contribution is 0.00578. The first-order valence-electron chi connectivity index (χ1n) is 7.96. The molecule has 6 heteroatoms. The van der Waals surface area contributed by atoms with Crippen LogP contribution >= 0.6 is 0 Å². The Morgan fingerprint density at radius 2 is 1.74 bits per heavy atom. The van der Waals surface area contributed by atoms with Gasteiger partial charge >= 0.3 is 7.12 Å². The zero-order chi connectivity index (χ0) is 17.4. The van der Waals surface area contributed by atoms with Crippen molar-refractivity contribution in [2.75, 3.05) is 7.05 Å². The monoisotopic (exact) mass is 319 g/mol. The van der Waals surface area contributed by atoms with Gasteiger partial charge in [-0.1, -0.05) is 6.07 Å². The summed E-state index contributed by atoms with van der Waals surface area (Å²) in [5, 5.41) is 2.62. The van der Waals surface area contributed by atoms with Gasteiger partial charge in [0.1, 0.15) is 5.75 Å². The number of carbonyl (C=O) groups is 1. The summed E-state index contributed by atoms with van der Waals surface area (Å²) in [6.45, 7) is 11.9. The van der Waals surface area contributed by atoms with Gasteiger partial charge < -0.3 is 19.4 Å². The molecular formula is C17H26BNO4. The Morgan fingerprint density at radius 3 is 2.22 bits per heavy atom. The van der Waals surface area contributed by atoms with E-state index in [2.05, 4.69) is 5.32 Å². The third kappa shape index (κ3) is 3.53. The molecule has 0 bridgehead atoms. The van der Waals surface area contributed by atoms with E-state index in [1.165, 1.54) is 0 Å². The fraction of sp³-hybridized carbons (Fsp3) is 0.588. The Hall–Kier alpha value is -1.53. The van der Waals surface area contributed by atoms with Crippen LogP contribution in [0.5, 0.6) is 5.75 Å². The van der Waals surface area contributed by atoms with Crippen molar-refractivity contribution >= 4 is 18.5 Å². The highest BCUT2D eigenvalue weighted by molar-refractivity contribution is 6.63. The molecule has 1 fully saturated rings. The minimum absolute atomic E-state index is 0.0175. The van der Waals surface area contributed by atoms with Gasteiger partial charge in [-0.05, 0) is 53.7 Å². The largest absolute Gasteiger partial charge is 0.498 e. The van der Waals surface area contributed by atoms with Gasteiger partial charge in [0, 0.05) is 18.1 Å². The Labute approximate surface area is 138 Å². The molecule has 23 heavy (non-hydrogen) atoms. The molecule has 0 spiro atoms. The molecule has 1 heterocycles. The highest BCUT2D eigenvalue weighted by Gasteiger charge is 2.52. The van der Waals surface area contributed by atoms with Crippen molar-refractivity contribution in [2.24, 2.45) is 0 Å². The number of hydrogen-bond acceptors (Lipinski definition) is 4. The van der Waals surface area contributed by atoms with Gasteiger partial charge in [0.2, 0.25) is 0 Å². The molecule has 0 aromatic heterocycles. The highest BCUT2D eigenvalue weighted by atomic mass is 16.7. The number of rotatable bonds is 4. The van der Waals surface area contributed by atoms with E-state index in [4.69, 9.17) is 14.0 Å². The quantitative estimate of drug-likeness (QED) is 0.864. The molecule has 2 rings (SSSR count). The van der Waals surface area contributed by atoms with Crippen molar-refractivity contribution in [3.63, 3.8) is 0 Å². The predicted octanol–water partition coefficient (Wildman–Crippen LogP) is 2.13. The fourth-order valence-corrected chi connectivity index (χ4v) is 2.34. The van der Waals surface area contributed by atoms with Crippen LogP contribution in [0.1, 0.15) is 51.9 Å². The molecule has 1 aromatic carbocycles. The van der Waals surface area contributed by atoms with Crippen LogP contribution in [-0.4, -0.2) is 37.4 Å². The molecule has 0 radical (unpaired) electrons. The lowest BCUT2D eigenvalue weighted by atomic mass is 9.78. The van der Waals surface area contributed by atoms with Gasteiger partial charge in [0.05, 0.1) is 17.3 Å². The van der Waals surface area contributed by atoms with E-state index >= 15 is 0 Å². The molecule has 0 unspecified atom stereocenters. The minimum atomic E-state index is -0.521. The Morgan fingerprint density at radius 1 is 1.17 bits per heavy atom. The van der Waals surface area contributed by atoms with E-state index < -0.39 is 18.3 Å². The predicted molar refractivity (Wildman–Crippen MR) is 91.3 cm³/mol. The lowest BCUT2D eigenvalue weighted by Crippen LogP contribution is -2.41. The Kier molecular flexibility index (Phi) is 4.78. The van der Waals surface area contributed by atoms with Crippen LogP contribution < -0.4 is 15.5 Å². The molecule has 1 aromatic rings. The second kappa shape index (κ2) is 6.17. The number of benzene rings is 1. The second-order valence-electron chi connectivity index (χ2n) is 7.09. The molecule has 1 amide bonds. The minimum Gasteiger partial charge on any atom is -0.491 e. The molecular weight excluding hydrogens is 293 g/mol. The van der Waals surface area contributed by atoms with Crippen LogP contribution in [0.4, 0.5) is 0 Å². The van der Waals surface area contributed by atoms with Crippen molar-refractivity contribution in [1.29, 1.82) is 0 Å². The van der Waals surface area contributed by atoms with Crippen LogP contribution in [0.2, 0.25) is 0 Å². The summed E-state index contributed by atoms with van der Waals surface area (Å²) in [5.74, 6) is 0.457. The molecule has 0 saturated carbocycles. The topological polar surface area (TPSA) is 56.8 Å². The summed E-state index contributed by atoms with van der Waals surface area (Å²) in [5.41, 5.74) is 0.492. The summed E-state index contributed by atoms with van der Waals surface area (Å²) >= 11 is 0.